The molecular formula is C15H23N. The van der Waals surface area contributed by atoms with Gasteiger partial charge >= 0.3 is 0 Å². The summed E-state index contributed by atoms with van der Waals surface area (Å²) >= 11 is 0. The smallest absolute Gasteiger partial charge is 0.00951 e. The summed E-state index contributed by atoms with van der Waals surface area (Å²) in [5, 5.41) is 3.73. The predicted molar refractivity (Wildman–Crippen MR) is 69.5 cm³/mol. The van der Waals surface area contributed by atoms with Crippen LogP contribution in [0.15, 0.2) is 30.3 Å². The zero-order chi connectivity index (χ0) is 11.6. The van der Waals surface area contributed by atoms with Crippen molar-refractivity contribution in [3.05, 3.63) is 35.9 Å². The van der Waals surface area contributed by atoms with Gasteiger partial charge in [0.05, 0.1) is 0 Å². The van der Waals surface area contributed by atoms with Gasteiger partial charge in [-0.05, 0) is 44.1 Å². The third-order valence-corrected chi connectivity index (χ3v) is 4.00. The van der Waals surface area contributed by atoms with E-state index in [1.54, 1.807) is 0 Å². The summed E-state index contributed by atoms with van der Waals surface area (Å²) in [4.78, 5) is 0. The van der Waals surface area contributed by atoms with Crippen LogP contribution in [0.1, 0.15) is 39.2 Å². The molecule has 1 saturated carbocycles. The van der Waals surface area contributed by atoms with Gasteiger partial charge < -0.3 is 5.32 Å². The van der Waals surface area contributed by atoms with Crippen molar-refractivity contribution in [2.24, 2.45) is 5.41 Å². The van der Waals surface area contributed by atoms with Crippen LogP contribution in [0.4, 0.5) is 0 Å². The summed E-state index contributed by atoms with van der Waals surface area (Å²) in [5.41, 5.74) is 2.00. The summed E-state index contributed by atoms with van der Waals surface area (Å²) in [6, 6.07) is 11.9. The van der Waals surface area contributed by atoms with Crippen molar-refractivity contribution in [2.75, 3.05) is 0 Å². The lowest BCUT2D eigenvalue weighted by Crippen LogP contribution is -2.40. The van der Waals surface area contributed by atoms with Crippen LogP contribution in [0.2, 0.25) is 0 Å². The molecular weight excluding hydrogens is 194 g/mol. The van der Waals surface area contributed by atoms with E-state index in [1.165, 1.54) is 18.4 Å². The van der Waals surface area contributed by atoms with Gasteiger partial charge in [0.1, 0.15) is 0 Å². The third-order valence-electron chi connectivity index (χ3n) is 4.00. The maximum Gasteiger partial charge on any atom is 0.00951 e. The molecule has 0 spiro atoms. The van der Waals surface area contributed by atoms with E-state index in [0.717, 1.165) is 6.42 Å². The van der Waals surface area contributed by atoms with E-state index in [2.05, 4.69) is 56.4 Å². The van der Waals surface area contributed by atoms with E-state index in [9.17, 15) is 0 Å². The molecule has 1 aromatic rings. The summed E-state index contributed by atoms with van der Waals surface area (Å²) < 4.78 is 0. The third kappa shape index (κ3) is 2.85. The van der Waals surface area contributed by atoms with E-state index in [4.69, 9.17) is 0 Å². The largest absolute Gasteiger partial charge is 0.311 e. The highest BCUT2D eigenvalue weighted by atomic mass is 15.0. The van der Waals surface area contributed by atoms with E-state index >= 15 is 0 Å². The highest BCUT2D eigenvalue weighted by Gasteiger charge is 2.42. The molecule has 0 radical (unpaired) electrons. The Morgan fingerprint density at radius 1 is 1.19 bits per heavy atom. The predicted octanol–water partition coefficient (Wildman–Crippen LogP) is 3.40. The van der Waals surface area contributed by atoms with Gasteiger partial charge in [0.2, 0.25) is 0 Å². The minimum atomic E-state index is 0.565. The monoisotopic (exact) mass is 217 g/mol. The zero-order valence-corrected chi connectivity index (χ0v) is 10.7. The second-order valence-electron chi connectivity index (χ2n) is 5.63. The molecule has 1 aliphatic rings. The van der Waals surface area contributed by atoms with E-state index in [1.807, 2.05) is 0 Å². The van der Waals surface area contributed by atoms with Crippen LogP contribution in [-0.2, 0) is 6.42 Å². The number of rotatable bonds is 5. The first kappa shape index (κ1) is 11.7. The lowest BCUT2D eigenvalue weighted by atomic mass is 9.98. The topological polar surface area (TPSA) is 12.0 Å². The number of benzene rings is 1. The number of nitrogens with one attached hydrogen (secondary N) is 1. The molecule has 1 aliphatic carbocycles. The molecule has 1 heteroatoms. The average molecular weight is 217 g/mol. The van der Waals surface area contributed by atoms with Gasteiger partial charge in [-0.2, -0.15) is 0 Å². The second-order valence-corrected chi connectivity index (χ2v) is 5.63. The summed E-state index contributed by atoms with van der Waals surface area (Å²) in [7, 11) is 0. The summed E-state index contributed by atoms with van der Waals surface area (Å²) in [6.45, 7) is 7.00. The molecule has 0 heterocycles. The fraction of sp³-hybridized carbons (Fsp3) is 0.600. The molecule has 0 saturated heterocycles. The van der Waals surface area contributed by atoms with Gasteiger partial charge in [0.15, 0.2) is 0 Å². The Hall–Kier alpha value is -0.820. The number of hydrogen-bond acceptors (Lipinski definition) is 1. The van der Waals surface area contributed by atoms with E-state index in [-0.39, 0.29) is 0 Å². The molecule has 1 aromatic carbocycles. The lowest BCUT2D eigenvalue weighted by molar-refractivity contribution is 0.346. The van der Waals surface area contributed by atoms with Crippen LogP contribution >= 0.6 is 0 Å². The van der Waals surface area contributed by atoms with Crippen LogP contribution in [-0.4, -0.2) is 12.1 Å². The molecule has 0 bridgehead atoms. The lowest BCUT2D eigenvalue weighted by Gasteiger charge is -2.25. The van der Waals surface area contributed by atoms with Crippen molar-refractivity contribution in [1.82, 2.24) is 5.32 Å². The minimum absolute atomic E-state index is 0.565. The van der Waals surface area contributed by atoms with Gasteiger partial charge in [-0.3, -0.25) is 0 Å². The van der Waals surface area contributed by atoms with Crippen LogP contribution in [0.5, 0.6) is 0 Å². The Balaban J connectivity index is 1.82. The van der Waals surface area contributed by atoms with Crippen molar-refractivity contribution in [1.29, 1.82) is 0 Å². The fourth-order valence-corrected chi connectivity index (χ4v) is 2.28. The van der Waals surface area contributed by atoms with Gasteiger partial charge in [0, 0.05) is 12.1 Å². The Kier molecular flexibility index (Phi) is 3.34. The first-order valence-electron chi connectivity index (χ1n) is 6.40. The number of hydrogen-bond donors (Lipinski definition) is 1. The normalized spacial score (nSPS) is 21.4. The van der Waals surface area contributed by atoms with Crippen molar-refractivity contribution in [3.8, 4) is 0 Å². The first-order chi connectivity index (χ1) is 7.60. The van der Waals surface area contributed by atoms with Crippen LogP contribution < -0.4 is 5.32 Å². The van der Waals surface area contributed by atoms with Gasteiger partial charge in [-0.1, -0.05) is 37.3 Å². The SMILES string of the molecule is CC(Cc1ccccc1)NC(C)C1(C)CC1. The quantitative estimate of drug-likeness (QED) is 0.797. The standard InChI is InChI=1S/C15H23N/c1-12(11-14-7-5-4-6-8-14)16-13(2)15(3)9-10-15/h4-8,12-13,16H,9-11H2,1-3H3. The van der Waals surface area contributed by atoms with Crippen molar-refractivity contribution >= 4 is 0 Å². The van der Waals surface area contributed by atoms with E-state index < -0.39 is 0 Å². The van der Waals surface area contributed by atoms with Crippen LogP contribution in [0, 0.1) is 5.41 Å². The molecule has 2 unspecified atom stereocenters. The highest BCUT2D eigenvalue weighted by Crippen LogP contribution is 2.48. The Bertz CT molecular complexity index is 327. The van der Waals surface area contributed by atoms with Crippen molar-refractivity contribution in [2.45, 2.75) is 52.1 Å². The summed E-state index contributed by atoms with van der Waals surface area (Å²) in [6.07, 6.45) is 3.90. The molecule has 2 atom stereocenters. The van der Waals surface area contributed by atoms with Crippen LogP contribution in [0.25, 0.3) is 0 Å². The maximum atomic E-state index is 3.73. The van der Waals surface area contributed by atoms with Crippen LogP contribution in [0.3, 0.4) is 0 Å². The van der Waals surface area contributed by atoms with Gasteiger partial charge in [-0.15, -0.1) is 0 Å². The molecule has 2 rings (SSSR count). The maximum absolute atomic E-state index is 3.73. The molecule has 16 heavy (non-hydrogen) atoms. The Morgan fingerprint density at radius 3 is 2.38 bits per heavy atom. The first-order valence-corrected chi connectivity index (χ1v) is 6.40. The molecule has 1 N–H and O–H groups in total. The Labute approximate surface area is 99.3 Å². The van der Waals surface area contributed by atoms with Gasteiger partial charge in [0.25, 0.3) is 0 Å². The zero-order valence-electron chi connectivity index (χ0n) is 10.7. The molecule has 1 nitrogen and oxygen atoms in total. The van der Waals surface area contributed by atoms with Crippen molar-refractivity contribution < 1.29 is 0 Å². The van der Waals surface area contributed by atoms with Crippen molar-refractivity contribution in [3.63, 3.8) is 0 Å². The van der Waals surface area contributed by atoms with Gasteiger partial charge in [-0.25, -0.2) is 0 Å². The highest BCUT2D eigenvalue weighted by molar-refractivity contribution is 5.15. The fourth-order valence-electron chi connectivity index (χ4n) is 2.28. The second kappa shape index (κ2) is 4.58. The van der Waals surface area contributed by atoms with E-state index in [0.29, 0.717) is 17.5 Å². The molecule has 0 amide bonds. The summed E-state index contributed by atoms with van der Waals surface area (Å²) in [5.74, 6) is 0. The molecule has 0 aromatic heterocycles. The Morgan fingerprint density at radius 2 is 1.81 bits per heavy atom. The molecule has 1 fully saturated rings. The molecule has 88 valence electrons. The molecule has 0 aliphatic heterocycles. The minimum Gasteiger partial charge on any atom is -0.311 e. The average Bonchev–Trinajstić information content (AvgIpc) is 2.99.